The van der Waals surface area contributed by atoms with Gasteiger partial charge in [0.1, 0.15) is 0 Å². The molecule has 0 fully saturated rings. The standard InChI is InChI=1S/C34H50N8O8/c1-23(2)17-19-39(30(45)22-40(20-18-32(47)50-37)29(44)15-16-31(46)49-6)21-28(43)34(4,5)38-25-11-13-26(14-12-25)41(35)33(48)42(36)27-10-8-7-9-24(27)3/h7-14,23,38H,15-22,35-37H2,1-6H3. The number of amides is 4. The lowest BCUT2D eigenvalue weighted by molar-refractivity contribution is -0.148. The number of aryl methyl sites for hydroxylation is 1. The molecule has 0 aliphatic rings. The Hall–Kier alpha value is -5.06. The number of benzene rings is 2. The number of hydrogen-bond acceptors (Lipinski definition) is 12. The molecule has 7 N–H and O–H groups in total. The molecule has 0 unspecified atom stereocenters. The van der Waals surface area contributed by atoms with Crippen molar-refractivity contribution in [1.29, 1.82) is 0 Å². The summed E-state index contributed by atoms with van der Waals surface area (Å²) in [6.45, 7) is 8.47. The fourth-order valence-corrected chi connectivity index (χ4v) is 4.69. The van der Waals surface area contributed by atoms with E-state index in [4.69, 9.17) is 17.6 Å². The van der Waals surface area contributed by atoms with E-state index in [0.29, 0.717) is 23.5 Å². The van der Waals surface area contributed by atoms with Crippen LogP contribution >= 0.6 is 0 Å². The molecule has 0 atom stereocenters. The topological polar surface area (TPSA) is 224 Å². The number of esters is 1. The molecule has 0 aliphatic carbocycles. The first-order chi connectivity index (χ1) is 23.5. The number of methoxy groups -OCH3 is 1. The van der Waals surface area contributed by atoms with E-state index >= 15 is 0 Å². The van der Waals surface area contributed by atoms with Crippen molar-refractivity contribution in [2.45, 2.75) is 65.8 Å². The number of nitrogens with zero attached hydrogens (tertiary/aromatic N) is 4. The molecule has 0 heterocycles. The largest absolute Gasteiger partial charge is 0.469 e. The third-order valence-corrected chi connectivity index (χ3v) is 7.92. The van der Waals surface area contributed by atoms with Gasteiger partial charge >= 0.3 is 18.0 Å². The molecular formula is C34H50N8O8. The fourth-order valence-electron chi connectivity index (χ4n) is 4.69. The van der Waals surface area contributed by atoms with E-state index in [1.807, 2.05) is 32.9 Å². The zero-order valence-electron chi connectivity index (χ0n) is 29.6. The first kappa shape index (κ1) is 41.1. The number of nitrogens with two attached hydrogens (primary N) is 3. The maximum Gasteiger partial charge on any atom is 0.357 e. The Kier molecular flexibility index (Phi) is 15.8. The van der Waals surface area contributed by atoms with Crippen LogP contribution in [-0.2, 0) is 33.5 Å². The minimum atomic E-state index is -1.16. The second kappa shape index (κ2) is 19.2. The van der Waals surface area contributed by atoms with E-state index < -0.39 is 41.9 Å². The Morgan fingerprint density at radius 2 is 1.42 bits per heavy atom. The van der Waals surface area contributed by atoms with Gasteiger partial charge in [-0.3, -0.25) is 24.0 Å². The van der Waals surface area contributed by atoms with E-state index in [0.717, 1.165) is 20.5 Å². The Labute approximate surface area is 292 Å². The molecule has 0 radical (unpaired) electrons. The lowest BCUT2D eigenvalue weighted by Crippen LogP contribution is -2.51. The van der Waals surface area contributed by atoms with Crippen LogP contribution in [-0.4, -0.2) is 84.2 Å². The van der Waals surface area contributed by atoms with Crippen LogP contribution in [0.5, 0.6) is 0 Å². The maximum absolute atomic E-state index is 13.7. The molecule has 0 bridgehead atoms. The number of anilines is 3. The summed E-state index contributed by atoms with van der Waals surface area (Å²) >= 11 is 0. The van der Waals surface area contributed by atoms with E-state index in [1.54, 1.807) is 50.2 Å². The molecule has 4 amide bonds. The number of hydrogen-bond donors (Lipinski definition) is 4. The summed E-state index contributed by atoms with van der Waals surface area (Å²) in [4.78, 5) is 83.1. The minimum Gasteiger partial charge on any atom is -0.469 e. The van der Waals surface area contributed by atoms with Crippen molar-refractivity contribution in [3.8, 4) is 0 Å². The highest BCUT2D eigenvalue weighted by molar-refractivity contribution is 6.02. The number of carbonyl (C=O) groups is 6. The van der Waals surface area contributed by atoms with E-state index in [9.17, 15) is 28.8 Å². The van der Waals surface area contributed by atoms with Gasteiger partial charge in [-0.05, 0) is 69.0 Å². The molecule has 50 heavy (non-hydrogen) atoms. The number of para-hydroxylation sites is 1. The fraction of sp³-hybridized carbons (Fsp3) is 0.471. The van der Waals surface area contributed by atoms with Crippen LogP contribution in [0, 0.1) is 12.8 Å². The van der Waals surface area contributed by atoms with Crippen molar-refractivity contribution < 1.29 is 38.3 Å². The molecule has 274 valence electrons. The van der Waals surface area contributed by atoms with Gasteiger partial charge in [0.15, 0.2) is 5.78 Å². The molecule has 2 aromatic carbocycles. The van der Waals surface area contributed by atoms with Crippen molar-refractivity contribution in [2.75, 3.05) is 48.6 Å². The van der Waals surface area contributed by atoms with Crippen molar-refractivity contribution >= 4 is 52.6 Å². The molecule has 0 saturated heterocycles. The smallest absolute Gasteiger partial charge is 0.357 e. The average molecular weight is 699 g/mol. The molecule has 0 spiro atoms. The highest BCUT2D eigenvalue weighted by Crippen LogP contribution is 2.23. The molecule has 0 saturated carbocycles. The van der Waals surface area contributed by atoms with Gasteiger partial charge in [0.25, 0.3) is 0 Å². The maximum atomic E-state index is 13.7. The van der Waals surface area contributed by atoms with Crippen LogP contribution in [0.25, 0.3) is 0 Å². The normalized spacial score (nSPS) is 11.0. The zero-order chi connectivity index (χ0) is 37.6. The Balaban J connectivity index is 2.16. The van der Waals surface area contributed by atoms with Gasteiger partial charge in [-0.15, -0.1) is 0 Å². The highest BCUT2D eigenvalue weighted by Gasteiger charge is 2.32. The highest BCUT2D eigenvalue weighted by atomic mass is 16.7. The number of rotatable bonds is 18. The summed E-state index contributed by atoms with van der Waals surface area (Å²) in [7, 11) is 1.19. The summed E-state index contributed by atoms with van der Waals surface area (Å²) in [6.07, 6.45) is -0.147. The third kappa shape index (κ3) is 12.4. The number of ether oxygens (including phenoxy) is 1. The summed E-state index contributed by atoms with van der Waals surface area (Å²) in [5, 5.41) is 5.04. The van der Waals surface area contributed by atoms with Gasteiger partial charge in [-0.2, -0.15) is 5.90 Å². The quantitative estimate of drug-likeness (QED) is 0.0762. The first-order valence-electron chi connectivity index (χ1n) is 16.1. The van der Waals surface area contributed by atoms with Gasteiger partial charge in [-0.1, -0.05) is 32.0 Å². The monoisotopic (exact) mass is 698 g/mol. The molecule has 2 aromatic rings. The predicted molar refractivity (Wildman–Crippen MR) is 188 cm³/mol. The molecule has 16 heteroatoms. The average Bonchev–Trinajstić information content (AvgIpc) is 3.09. The van der Waals surface area contributed by atoms with Crippen LogP contribution in [0.4, 0.5) is 21.9 Å². The van der Waals surface area contributed by atoms with E-state index in [2.05, 4.69) is 14.9 Å². The van der Waals surface area contributed by atoms with Gasteiger partial charge in [0.05, 0.1) is 50.0 Å². The SMILES string of the molecule is COC(=O)CCC(=O)N(CCC(=O)ON)CC(=O)N(CCC(C)C)CC(=O)C(C)(C)Nc1ccc(N(N)C(=O)N(N)c2ccccc2C)cc1. The van der Waals surface area contributed by atoms with Crippen LogP contribution in [0.2, 0.25) is 0 Å². The molecule has 0 aliphatic heterocycles. The van der Waals surface area contributed by atoms with Crippen LogP contribution < -0.4 is 32.9 Å². The minimum absolute atomic E-state index is 0.183. The van der Waals surface area contributed by atoms with Crippen molar-refractivity contribution in [3.63, 3.8) is 0 Å². The van der Waals surface area contributed by atoms with Crippen molar-refractivity contribution in [2.24, 2.45) is 23.5 Å². The van der Waals surface area contributed by atoms with E-state index in [1.165, 1.54) is 12.0 Å². The number of ketones is 1. The van der Waals surface area contributed by atoms with E-state index in [-0.39, 0.29) is 50.6 Å². The summed E-state index contributed by atoms with van der Waals surface area (Å²) in [6, 6.07) is 12.9. The Morgan fingerprint density at radius 3 is 2.00 bits per heavy atom. The molecule has 16 nitrogen and oxygen atoms in total. The van der Waals surface area contributed by atoms with Gasteiger partial charge < -0.3 is 24.7 Å². The van der Waals surface area contributed by atoms with Gasteiger partial charge in [0.2, 0.25) is 11.8 Å². The molecule has 2 rings (SSSR count). The summed E-state index contributed by atoms with van der Waals surface area (Å²) < 4.78 is 4.59. The third-order valence-electron chi connectivity index (χ3n) is 7.92. The Bertz CT molecular complexity index is 1500. The summed E-state index contributed by atoms with van der Waals surface area (Å²) in [5.74, 6) is 14.5. The predicted octanol–water partition coefficient (Wildman–Crippen LogP) is 2.40. The van der Waals surface area contributed by atoms with Crippen LogP contribution in [0.15, 0.2) is 48.5 Å². The molecule has 0 aromatic heterocycles. The lowest BCUT2D eigenvalue weighted by atomic mass is 9.97. The lowest BCUT2D eigenvalue weighted by Gasteiger charge is -2.32. The molecular weight excluding hydrogens is 648 g/mol. The Morgan fingerprint density at radius 1 is 0.800 bits per heavy atom. The van der Waals surface area contributed by atoms with Gasteiger partial charge in [-0.25, -0.2) is 26.5 Å². The van der Waals surface area contributed by atoms with Crippen molar-refractivity contribution in [3.05, 3.63) is 54.1 Å². The van der Waals surface area contributed by atoms with Crippen molar-refractivity contribution in [1.82, 2.24) is 9.80 Å². The number of nitrogens with one attached hydrogen (secondary N) is 1. The number of hydrazine groups is 2. The zero-order valence-corrected chi connectivity index (χ0v) is 29.6. The number of Topliss-reactive ketones (excluding diaryl/α,β-unsaturated/α-hetero) is 1. The second-order valence-electron chi connectivity index (χ2n) is 12.7. The first-order valence-corrected chi connectivity index (χ1v) is 16.1. The second-order valence-corrected chi connectivity index (χ2v) is 12.7. The summed E-state index contributed by atoms with van der Waals surface area (Å²) in [5.41, 5.74) is 1.04. The van der Waals surface area contributed by atoms with Gasteiger partial charge in [0, 0.05) is 25.2 Å². The van der Waals surface area contributed by atoms with Crippen LogP contribution in [0.1, 0.15) is 58.9 Å². The van der Waals surface area contributed by atoms with Crippen LogP contribution in [0.3, 0.4) is 0 Å². The number of urea groups is 1. The number of carbonyl (C=O) groups excluding carboxylic acids is 6.